The molecule has 5 nitrogen and oxygen atoms in total. The first-order valence-corrected chi connectivity index (χ1v) is 6.39. The predicted octanol–water partition coefficient (Wildman–Crippen LogP) is 1.02. The van der Waals surface area contributed by atoms with E-state index in [2.05, 4.69) is 4.31 Å². The summed E-state index contributed by atoms with van der Waals surface area (Å²) in [7, 11) is -7.62. The first-order chi connectivity index (χ1) is 4.27. The van der Waals surface area contributed by atoms with Gasteiger partial charge in [0.15, 0.2) is 0 Å². The number of hydrogen-bond donors (Lipinski definition) is 2. The topological polar surface area (TPSA) is 83.8 Å². The van der Waals surface area contributed by atoms with E-state index in [0.717, 1.165) is 6.66 Å². The summed E-state index contributed by atoms with van der Waals surface area (Å²) in [5.41, 5.74) is 0. The standard InChI is InChI=1S/C3H10O5P2/c1-3-10(6,7)8-9(2,4)5/h3H2,1-2H3,(H,4,5)(H,6,7). The van der Waals surface area contributed by atoms with Gasteiger partial charge in [0.2, 0.25) is 0 Å². The predicted molar refractivity (Wildman–Crippen MR) is 37.2 cm³/mol. The second-order valence-electron chi connectivity index (χ2n) is 1.84. The molecule has 0 saturated carbocycles. The lowest BCUT2D eigenvalue weighted by molar-refractivity contribution is 0.338. The van der Waals surface area contributed by atoms with Crippen molar-refractivity contribution in [3.05, 3.63) is 0 Å². The highest BCUT2D eigenvalue weighted by Crippen LogP contribution is 2.56. The minimum absolute atomic E-state index is 0.161. The summed E-state index contributed by atoms with van der Waals surface area (Å²) in [6, 6.07) is 0. The molecule has 0 aromatic carbocycles. The normalized spacial score (nSPS) is 23.2. The van der Waals surface area contributed by atoms with Gasteiger partial charge in [-0.3, -0.25) is 9.13 Å². The lowest BCUT2D eigenvalue weighted by Gasteiger charge is -2.10. The molecule has 0 amide bonds. The van der Waals surface area contributed by atoms with Crippen LogP contribution in [0.1, 0.15) is 6.92 Å². The number of hydrogen-bond acceptors (Lipinski definition) is 3. The molecule has 0 aliphatic carbocycles. The lowest BCUT2D eigenvalue weighted by atomic mass is 11.0. The highest BCUT2D eigenvalue weighted by Gasteiger charge is 2.25. The van der Waals surface area contributed by atoms with E-state index in [1.165, 1.54) is 6.92 Å². The zero-order valence-electron chi connectivity index (χ0n) is 5.72. The molecule has 0 aliphatic heterocycles. The van der Waals surface area contributed by atoms with Gasteiger partial charge in [0.1, 0.15) is 0 Å². The Bertz CT molecular complexity index is 193. The third kappa shape index (κ3) is 5.15. The van der Waals surface area contributed by atoms with Crippen LogP contribution in [0.2, 0.25) is 0 Å². The summed E-state index contributed by atoms with van der Waals surface area (Å²) in [6.45, 7) is 2.27. The molecule has 0 aromatic heterocycles. The molecule has 0 aliphatic rings. The molecule has 0 spiro atoms. The Balaban J connectivity index is 4.17. The van der Waals surface area contributed by atoms with E-state index in [0.29, 0.717) is 0 Å². The summed E-state index contributed by atoms with van der Waals surface area (Å²) in [6.07, 6.45) is -0.161. The van der Waals surface area contributed by atoms with Crippen molar-refractivity contribution in [2.75, 3.05) is 12.8 Å². The fourth-order valence-electron chi connectivity index (χ4n) is 0.294. The molecule has 0 heterocycles. The van der Waals surface area contributed by atoms with Gasteiger partial charge < -0.3 is 9.79 Å². The molecule has 2 N–H and O–H groups in total. The molecule has 2 atom stereocenters. The van der Waals surface area contributed by atoms with Crippen molar-refractivity contribution in [2.45, 2.75) is 6.92 Å². The molecule has 0 radical (unpaired) electrons. The molecule has 0 saturated heterocycles. The molecular formula is C3H10O5P2. The average Bonchev–Trinajstić information content (AvgIpc) is 1.60. The van der Waals surface area contributed by atoms with Crippen molar-refractivity contribution in [1.29, 1.82) is 0 Å². The SMILES string of the molecule is CCP(=O)(O)OP(C)(=O)O. The fraction of sp³-hybridized carbons (Fsp3) is 1.00. The van der Waals surface area contributed by atoms with Gasteiger partial charge in [-0.15, -0.1) is 0 Å². The summed E-state index contributed by atoms with van der Waals surface area (Å²) in [5.74, 6) is 0. The Morgan fingerprint density at radius 2 is 1.80 bits per heavy atom. The third-order valence-corrected chi connectivity index (χ3v) is 3.71. The smallest absolute Gasteiger partial charge is 0.324 e. The lowest BCUT2D eigenvalue weighted by Crippen LogP contribution is -1.88. The molecular weight excluding hydrogens is 178 g/mol. The Kier molecular flexibility index (Phi) is 3.27. The van der Waals surface area contributed by atoms with Gasteiger partial charge >= 0.3 is 15.2 Å². The molecule has 0 rings (SSSR count). The minimum Gasteiger partial charge on any atom is -0.324 e. The van der Waals surface area contributed by atoms with Gasteiger partial charge in [-0.05, 0) is 0 Å². The van der Waals surface area contributed by atoms with Crippen molar-refractivity contribution in [2.24, 2.45) is 0 Å². The Labute approximate surface area is 59.1 Å². The second-order valence-corrected chi connectivity index (χ2v) is 6.00. The first kappa shape index (κ1) is 10.3. The van der Waals surface area contributed by atoms with Crippen LogP contribution in [0.5, 0.6) is 0 Å². The van der Waals surface area contributed by atoms with Gasteiger partial charge in [-0.1, -0.05) is 6.92 Å². The van der Waals surface area contributed by atoms with Crippen LogP contribution >= 0.6 is 15.2 Å². The van der Waals surface area contributed by atoms with E-state index in [1.807, 2.05) is 0 Å². The summed E-state index contributed by atoms with van der Waals surface area (Å²) >= 11 is 0. The maximum Gasteiger partial charge on any atom is 0.334 e. The molecule has 0 aromatic rings. The van der Waals surface area contributed by atoms with E-state index >= 15 is 0 Å². The Morgan fingerprint density at radius 1 is 1.40 bits per heavy atom. The molecule has 0 bridgehead atoms. The van der Waals surface area contributed by atoms with Crippen LogP contribution in [0, 0.1) is 0 Å². The van der Waals surface area contributed by atoms with Gasteiger partial charge in [-0.2, -0.15) is 0 Å². The van der Waals surface area contributed by atoms with Crippen molar-refractivity contribution >= 4 is 15.2 Å². The zero-order chi connectivity index (χ0) is 8.41. The van der Waals surface area contributed by atoms with Crippen molar-refractivity contribution in [1.82, 2.24) is 0 Å². The van der Waals surface area contributed by atoms with E-state index < -0.39 is 15.2 Å². The van der Waals surface area contributed by atoms with E-state index in [9.17, 15) is 9.13 Å². The monoisotopic (exact) mass is 188 g/mol. The quantitative estimate of drug-likeness (QED) is 0.646. The van der Waals surface area contributed by atoms with Crippen LogP contribution in [-0.4, -0.2) is 22.6 Å². The van der Waals surface area contributed by atoms with Gasteiger partial charge in [-0.25, -0.2) is 4.31 Å². The van der Waals surface area contributed by atoms with E-state index in [4.69, 9.17) is 9.79 Å². The summed E-state index contributed by atoms with van der Waals surface area (Å²) in [4.78, 5) is 17.1. The van der Waals surface area contributed by atoms with Crippen LogP contribution in [0.25, 0.3) is 0 Å². The maximum absolute atomic E-state index is 10.6. The largest absolute Gasteiger partial charge is 0.334 e. The Hall–Kier alpha value is 0.340. The van der Waals surface area contributed by atoms with Crippen LogP contribution in [0.4, 0.5) is 0 Å². The Morgan fingerprint density at radius 3 is 1.90 bits per heavy atom. The minimum atomic E-state index is -3.82. The first-order valence-electron chi connectivity index (χ1n) is 2.60. The summed E-state index contributed by atoms with van der Waals surface area (Å²) in [5, 5.41) is 0. The van der Waals surface area contributed by atoms with E-state index in [1.54, 1.807) is 0 Å². The number of rotatable bonds is 3. The van der Waals surface area contributed by atoms with Gasteiger partial charge in [0.25, 0.3) is 0 Å². The zero-order valence-corrected chi connectivity index (χ0v) is 7.51. The molecule has 0 fully saturated rings. The molecule has 7 heteroatoms. The fourth-order valence-corrected chi connectivity index (χ4v) is 2.65. The van der Waals surface area contributed by atoms with Crippen molar-refractivity contribution < 1.29 is 23.2 Å². The van der Waals surface area contributed by atoms with Crippen LogP contribution < -0.4 is 0 Å². The van der Waals surface area contributed by atoms with Crippen LogP contribution in [0.3, 0.4) is 0 Å². The highest BCUT2D eigenvalue weighted by atomic mass is 31.3. The summed E-state index contributed by atoms with van der Waals surface area (Å²) < 4.78 is 25.0. The van der Waals surface area contributed by atoms with Gasteiger partial charge in [0, 0.05) is 12.8 Å². The highest BCUT2D eigenvalue weighted by molar-refractivity contribution is 7.65. The van der Waals surface area contributed by atoms with Crippen molar-refractivity contribution in [3.8, 4) is 0 Å². The molecule has 62 valence electrons. The van der Waals surface area contributed by atoms with E-state index in [-0.39, 0.29) is 6.16 Å². The van der Waals surface area contributed by atoms with Crippen LogP contribution in [-0.2, 0) is 13.4 Å². The van der Waals surface area contributed by atoms with Crippen LogP contribution in [0.15, 0.2) is 0 Å². The maximum atomic E-state index is 10.6. The average molecular weight is 188 g/mol. The third-order valence-electron chi connectivity index (χ3n) is 0.679. The van der Waals surface area contributed by atoms with Crippen molar-refractivity contribution in [3.63, 3.8) is 0 Å². The molecule has 10 heavy (non-hydrogen) atoms. The van der Waals surface area contributed by atoms with Gasteiger partial charge in [0.05, 0.1) is 0 Å². The second kappa shape index (κ2) is 3.16. The molecule has 2 unspecified atom stereocenters.